The zero-order chi connectivity index (χ0) is 79.6. The first kappa shape index (κ1) is 57.1. The van der Waals surface area contributed by atoms with Gasteiger partial charge in [0.1, 0.15) is 0 Å². The summed E-state index contributed by atoms with van der Waals surface area (Å²) < 4.78 is 78.3. The van der Waals surface area contributed by atoms with Gasteiger partial charge in [-0.25, -0.2) is 0 Å². The molecule has 0 radical (unpaired) electrons. The quantitative estimate of drug-likeness (QED) is 0.126. The van der Waals surface area contributed by atoms with Gasteiger partial charge in [0.25, 0.3) is 6.71 Å². The molecule has 1 aromatic heterocycles. The largest absolute Gasteiger partial charge is 0.310 e. The number of anilines is 6. The average Bonchev–Trinajstić information content (AvgIpc) is 1.67. The van der Waals surface area contributed by atoms with Crippen LogP contribution in [0, 0.1) is 0 Å². The van der Waals surface area contributed by atoms with Gasteiger partial charge in [0.15, 0.2) is 0 Å². The fourth-order valence-corrected chi connectivity index (χ4v) is 17.5. The molecule has 0 saturated heterocycles. The van der Waals surface area contributed by atoms with Gasteiger partial charge < -0.3 is 14.4 Å². The summed E-state index contributed by atoms with van der Waals surface area (Å²) in [6.45, 7) is 19.9. The zero-order valence-electron chi connectivity index (χ0n) is 69.7. The number of benzene rings is 15. The van der Waals surface area contributed by atoms with E-state index in [4.69, 9.17) is 0 Å². The zero-order valence-corrected chi connectivity index (χ0v) is 61.7. The standard InChI is InChI=1S/C103H84BN3/c1-100(2,3)73-54-52-67(53-55-73)72-58-95-97-96(59-72)107(99-84(70-38-20-12-21-39-70)62-77(102(7,8)9)63-85(99)71-40-22-13-23-41-71)94-65-86-79-46-28-31-49-87(79)103(74-42-24-14-25-43-74,75-44-26-15-27-45-75)88(86)66-90(94)104(97)89-57-56-78(105-91-50-32-29-47-80(91)81-48-30-33-51-92(81)105)64-93(89)106(95)98-82(68-34-16-10-17-35-68)60-76(101(4,5)6)61-83(98)69-36-18-11-19-37-69/h10-66H,1-9H3/i29D,30D,32D,33D,47D,48D,50D,51D. The van der Waals surface area contributed by atoms with Crippen LogP contribution in [0.5, 0.6) is 0 Å². The first-order valence-corrected chi connectivity index (χ1v) is 37.3. The summed E-state index contributed by atoms with van der Waals surface area (Å²) in [5, 5.41) is 0.0128. The molecule has 2 aliphatic heterocycles. The summed E-state index contributed by atoms with van der Waals surface area (Å²) in [6.07, 6.45) is 0. The van der Waals surface area contributed by atoms with Crippen LogP contribution < -0.4 is 26.2 Å². The van der Waals surface area contributed by atoms with Crippen molar-refractivity contribution in [3.63, 3.8) is 0 Å². The predicted molar refractivity (Wildman–Crippen MR) is 455 cm³/mol. The Morgan fingerprint density at radius 2 is 0.701 bits per heavy atom. The second-order valence-corrected chi connectivity index (χ2v) is 32.2. The number of fused-ring (bicyclic) bond motifs is 10. The highest BCUT2D eigenvalue weighted by Gasteiger charge is 2.51. The van der Waals surface area contributed by atoms with Gasteiger partial charge in [0.2, 0.25) is 0 Å². The van der Waals surface area contributed by atoms with Crippen molar-refractivity contribution in [1.29, 1.82) is 0 Å². The number of nitrogens with zero attached hydrogens (tertiary/aromatic N) is 3. The Kier molecular flexibility index (Phi) is 13.3. The Hall–Kier alpha value is -12.2. The van der Waals surface area contributed by atoms with Crippen molar-refractivity contribution >= 4 is 79.0 Å². The third-order valence-electron chi connectivity index (χ3n) is 22.7. The van der Waals surface area contributed by atoms with E-state index in [9.17, 15) is 11.0 Å². The highest BCUT2D eigenvalue weighted by molar-refractivity contribution is 7.00. The Morgan fingerprint density at radius 1 is 0.299 bits per heavy atom. The van der Waals surface area contributed by atoms with Crippen molar-refractivity contribution in [1.82, 2.24) is 4.57 Å². The molecule has 0 unspecified atom stereocenters. The molecule has 514 valence electrons. The van der Waals surface area contributed by atoms with E-state index in [-0.39, 0.29) is 50.1 Å². The second-order valence-electron chi connectivity index (χ2n) is 32.2. The lowest BCUT2D eigenvalue weighted by molar-refractivity contribution is 0.590. The molecule has 19 rings (SSSR count). The van der Waals surface area contributed by atoms with Gasteiger partial charge in [-0.05, 0) is 183 Å². The van der Waals surface area contributed by atoms with E-state index >= 15 is 0 Å². The highest BCUT2D eigenvalue weighted by atomic mass is 15.2. The molecule has 0 bridgehead atoms. The Labute approximate surface area is 641 Å². The van der Waals surface area contributed by atoms with Crippen LogP contribution in [0.25, 0.3) is 94.3 Å². The minimum atomic E-state index is -0.840. The maximum Gasteiger partial charge on any atom is 0.252 e. The van der Waals surface area contributed by atoms with Gasteiger partial charge in [-0.2, -0.15) is 0 Å². The Bertz CT molecular complexity index is 6430. The van der Waals surface area contributed by atoms with Gasteiger partial charge in [-0.1, -0.05) is 341 Å². The fourth-order valence-electron chi connectivity index (χ4n) is 17.5. The lowest BCUT2D eigenvalue weighted by Gasteiger charge is -2.46. The van der Waals surface area contributed by atoms with Crippen LogP contribution in [0.15, 0.2) is 346 Å². The maximum absolute atomic E-state index is 9.99. The molecule has 3 aliphatic rings. The van der Waals surface area contributed by atoms with Crippen LogP contribution in [0.1, 0.15) is 112 Å². The Morgan fingerprint density at radius 3 is 1.14 bits per heavy atom. The van der Waals surface area contributed by atoms with Gasteiger partial charge in [0, 0.05) is 61.5 Å². The van der Waals surface area contributed by atoms with E-state index in [0.717, 1.165) is 140 Å². The molecule has 0 amide bonds. The third kappa shape index (κ3) is 10.5. The predicted octanol–water partition coefficient (Wildman–Crippen LogP) is 25.5. The van der Waals surface area contributed by atoms with Gasteiger partial charge in [-0.15, -0.1) is 0 Å². The average molecular weight is 1380 g/mol. The van der Waals surface area contributed by atoms with Gasteiger partial charge in [0.05, 0.1) is 38.8 Å². The van der Waals surface area contributed by atoms with Crippen molar-refractivity contribution in [2.45, 2.75) is 84.0 Å². The third-order valence-corrected chi connectivity index (χ3v) is 22.7. The van der Waals surface area contributed by atoms with E-state index < -0.39 is 48.4 Å². The fraction of sp³-hybridized carbons (Fsp3) is 0.126. The first-order valence-electron chi connectivity index (χ1n) is 41.3. The van der Waals surface area contributed by atoms with Gasteiger partial charge >= 0.3 is 0 Å². The molecule has 0 saturated carbocycles. The first-order chi connectivity index (χ1) is 55.3. The monoisotopic (exact) mass is 1380 g/mol. The normalized spacial score (nSPS) is 14.5. The lowest BCUT2D eigenvalue weighted by atomic mass is 9.33. The van der Waals surface area contributed by atoms with E-state index in [1.165, 1.54) is 16.7 Å². The summed E-state index contributed by atoms with van der Waals surface area (Å²) in [7, 11) is 0. The number of para-hydroxylation sites is 2. The van der Waals surface area contributed by atoms with Crippen molar-refractivity contribution in [3.8, 4) is 72.4 Å². The summed E-state index contributed by atoms with van der Waals surface area (Å²) in [5.41, 5.74) is 27.7. The van der Waals surface area contributed by atoms with Crippen LogP contribution in [0.4, 0.5) is 34.1 Å². The number of hydrogen-bond acceptors (Lipinski definition) is 2. The maximum atomic E-state index is 9.99. The molecule has 3 nitrogen and oxygen atoms in total. The number of hydrogen-bond donors (Lipinski definition) is 0. The molecule has 107 heavy (non-hydrogen) atoms. The SMILES string of the molecule is [2H]c1c([2H])c([2H])c2c(c1[2H])c1c([2H])c([2H])c([2H])c([2H])c1n2-c1ccc2c(c1)N(c1c(-c3ccccc3)cc(C(C)(C)C)cc1-c1ccccc1)c1cc(-c3ccc(C(C)(C)C)cc3)cc3c1B2c1cc2c(cc1N3c1c(-c3ccccc3)cc(C(C)(C)C)cc1-c1ccccc1)-c1ccccc1C2(c1ccccc1)c1ccccc1. The smallest absolute Gasteiger partial charge is 0.252 e. The van der Waals surface area contributed by atoms with Crippen molar-refractivity contribution in [2.24, 2.45) is 0 Å². The van der Waals surface area contributed by atoms with Crippen molar-refractivity contribution in [3.05, 3.63) is 385 Å². The van der Waals surface area contributed by atoms with Crippen molar-refractivity contribution in [2.75, 3.05) is 9.80 Å². The summed E-state index contributed by atoms with van der Waals surface area (Å²) in [5.74, 6) is 0. The van der Waals surface area contributed by atoms with Crippen LogP contribution in [0.2, 0.25) is 0 Å². The van der Waals surface area contributed by atoms with Crippen LogP contribution in [-0.4, -0.2) is 11.3 Å². The lowest BCUT2D eigenvalue weighted by Crippen LogP contribution is -2.61. The van der Waals surface area contributed by atoms with Crippen LogP contribution >= 0.6 is 0 Å². The van der Waals surface area contributed by atoms with Crippen molar-refractivity contribution < 1.29 is 11.0 Å². The molecular formula is C103H84BN3. The van der Waals surface area contributed by atoms with Crippen LogP contribution in [0.3, 0.4) is 0 Å². The molecule has 16 aromatic rings. The molecule has 3 heterocycles. The Balaban J connectivity index is 1.06. The molecular weight excluding hydrogens is 1290 g/mol. The minimum absolute atomic E-state index is 0.00641. The topological polar surface area (TPSA) is 11.4 Å². The molecule has 0 atom stereocenters. The molecule has 1 aliphatic carbocycles. The van der Waals surface area contributed by atoms with Gasteiger partial charge in [-0.3, -0.25) is 0 Å². The molecule has 15 aromatic carbocycles. The molecule has 0 spiro atoms. The molecule has 4 heteroatoms. The number of aromatic nitrogens is 1. The summed E-state index contributed by atoms with van der Waals surface area (Å²) in [6, 6.07) is 106. The summed E-state index contributed by atoms with van der Waals surface area (Å²) >= 11 is 0. The van der Waals surface area contributed by atoms with E-state index in [1.807, 2.05) is 6.07 Å². The second kappa shape index (κ2) is 25.0. The van der Waals surface area contributed by atoms with E-state index in [0.29, 0.717) is 5.69 Å². The summed E-state index contributed by atoms with van der Waals surface area (Å²) in [4.78, 5) is 5.12. The van der Waals surface area contributed by atoms with E-state index in [1.54, 1.807) is 4.57 Å². The minimum Gasteiger partial charge on any atom is -0.310 e. The molecule has 0 fully saturated rings. The number of rotatable bonds is 10. The van der Waals surface area contributed by atoms with E-state index in [2.05, 4.69) is 363 Å². The highest BCUT2D eigenvalue weighted by Crippen LogP contribution is 2.60. The van der Waals surface area contributed by atoms with Crippen LogP contribution in [-0.2, 0) is 21.7 Å². The molecule has 0 N–H and O–H groups in total.